The first-order valence-electron chi connectivity index (χ1n) is 5.82. The molecule has 4 heteroatoms. The van der Waals surface area contributed by atoms with Crippen molar-refractivity contribution >= 4 is 10.9 Å². The van der Waals surface area contributed by atoms with E-state index in [2.05, 4.69) is 45.3 Å². The number of aryl methyl sites for hydroxylation is 1. The maximum atomic E-state index is 4.43. The number of rotatable bonds is 3. The summed E-state index contributed by atoms with van der Waals surface area (Å²) < 4.78 is 0. The molecule has 1 aromatic carbocycles. The molecule has 4 nitrogen and oxygen atoms in total. The fraction of sp³-hybridized carbons (Fsp3) is 0.231. The van der Waals surface area contributed by atoms with Crippen molar-refractivity contribution in [2.45, 2.75) is 19.8 Å². The third-order valence-electron chi connectivity index (χ3n) is 2.93. The molecule has 3 aromatic rings. The molecule has 0 fully saturated rings. The van der Waals surface area contributed by atoms with Crippen LogP contribution < -0.4 is 0 Å². The van der Waals surface area contributed by atoms with Crippen LogP contribution in [0.15, 0.2) is 30.5 Å². The highest BCUT2D eigenvalue weighted by Gasteiger charge is 2.07. The van der Waals surface area contributed by atoms with Crippen LogP contribution in [0.4, 0.5) is 0 Å². The summed E-state index contributed by atoms with van der Waals surface area (Å²) in [7, 11) is 0. The van der Waals surface area contributed by atoms with E-state index in [1.807, 2.05) is 12.3 Å². The van der Waals surface area contributed by atoms with Crippen LogP contribution in [0.3, 0.4) is 0 Å². The Morgan fingerprint density at radius 2 is 2.12 bits per heavy atom. The molecular weight excluding hydrogens is 212 g/mol. The van der Waals surface area contributed by atoms with Crippen molar-refractivity contribution < 1.29 is 0 Å². The molecule has 17 heavy (non-hydrogen) atoms. The molecule has 2 aromatic heterocycles. The molecule has 0 saturated heterocycles. The maximum absolute atomic E-state index is 4.43. The lowest BCUT2D eigenvalue weighted by Crippen LogP contribution is -1.90. The van der Waals surface area contributed by atoms with E-state index in [-0.39, 0.29) is 0 Å². The molecule has 0 atom stereocenters. The number of H-pyrrole nitrogens is 2. The van der Waals surface area contributed by atoms with Crippen LogP contribution in [0.2, 0.25) is 0 Å². The van der Waals surface area contributed by atoms with Gasteiger partial charge in [-0.1, -0.05) is 25.1 Å². The van der Waals surface area contributed by atoms with Crippen molar-refractivity contribution in [1.29, 1.82) is 0 Å². The van der Waals surface area contributed by atoms with Gasteiger partial charge in [0, 0.05) is 29.9 Å². The van der Waals surface area contributed by atoms with Gasteiger partial charge in [-0.15, -0.1) is 0 Å². The minimum atomic E-state index is 0.789. The zero-order valence-electron chi connectivity index (χ0n) is 9.70. The Balaban J connectivity index is 1.94. The zero-order chi connectivity index (χ0) is 11.7. The minimum Gasteiger partial charge on any atom is -0.361 e. The number of para-hydroxylation sites is 1. The summed E-state index contributed by atoms with van der Waals surface area (Å²) in [5, 5.41) is 8.39. The Morgan fingerprint density at radius 1 is 1.24 bits per heavy atom. The lowest BCUT2D eigenvalue weighted by Gasteiger charge is -1.95. The molecule has 0 aliphatic rings. The molecule has 2 heterocycles. The number of nitrogens with zero attached hydrogens (tertiary/aromatic N) is 2. The Labute approximate surface area is 99.1 Å². The summed E-state index contributed by atoms with van der Waals surface area (Å²) in [6.07, 6.45) is 3.69. The SMILES string of the molecule is CCc1n[nH]c(Cc2c[nH]c3ccccc23)n1. The molecule has 0 radical (unpaired) electrons. The second kappa shape index (κ2) is 4.05. The van der Waals surface area contributed by atoms with E-state index in [4.69, 9.17) is 0 Å². The minimum absolute atomic E-state index is 0.789. The zero-order valence-corrected chi connectivity index (χ0v) is 9.70. The fourth-order valence-electron chi connectivity index (χ4n) is 2.03. The lowest BCUT2D eigenvalue weighted by molar-refractivity contribution is 0.943. The molecule has 0 saturated carbocycles. The molecule has 3 rings (SSSR count). The van der Waals surface area contributed by atoms with Gasteiger partial charge in [-0.2, -0.15) is 5.10 Å². The summed E-state index contributed by atoms with van der Waals surface area (Å²) in [6.45, 7) is 2.05. The number of aromatic nitrogens is 4. The molecule has 0 aliphatic heterocycles. The van der Waals surface area contributed by atoms with E-state index in [1.54, 1.807) is 0 Å². The summed E-state index contributed by atoms with van der Waals surface area (Å²) in [4.78, 5) is 7.70. The Morgan fingerprint density at radius 3 is 2.94 bits per heavy atom. The summed E-state index contributed by atoms with van der Waals surface area (Å²) >= 11 is 0. The Bertz CT molecular complexity index is 635. The highest BCUT2D eigenvalue weighted by atomic mass is 15.2. The van der Waals surface area contributed by atoms with Crippen molar-refractivity contribution in [3.05, 3.63) is 47.7 Å². The topological polar surface area (TPSA) is 57.4 Å². The molecule has 2 N–H and O–H groups in total. The second-order valence-corrected chi connectivity index (χ2v) is 4.09. The van der Waals surface area contributed by atoms with Crippen LogP contribution in [0, 0.1) is 0 Å². The van der Waals surface area contributed by atoms with Crippen LogP contribution in [-0.2, 0) is 12.8 Å². The summed E-state index contributed by atoms with van der Waals surface area (Å²) in [6, 6.07) is 8.29. The largest absolute Gasteiger partial charge is 0.361 e. The summed E-state index contributed by atoms with van der Waals surface area (Å²) in [5.74, 6) is 1.80. The Kier molecular flexibility index (Phi) is 2.40. The molecule has 0 spiro atoms. The predicted octanol–water partition coefficient (Wildman–Crippen LogP) is 2.44. The van der Waals surface area contributed by atoms with E-state index < -0.39 is 0 Å². The van der Waals surface area contributed by atoms with Gasteiger partial charge in [0.25, 0.3) is 0 Å². The highest BCUT2D eigenvalue weighted by molar-refractivity contribution is 5.83. The van der Waals surface area contributed by atoms with Gasteiger partial charge >= 0.3 is 0 Å². The van der Waals surface area contributed by atoms with E-state index in [1.165, 1.54) is 10.9 Å². The van der Waals surface area contributed by atoms with Gasteiger partial charge in [0.2, 0.25) is 0 Å². The van der Waals surface area contributed by atoms with Gasteiger partial charge in [0.1, 0.15) is 11.6 Å². The van der Waals surface area contributed by atoms with Crippen LogP contribution >= 0.6 is 0 Å². The van der Waals surface area contributed by atoms with Crippen molar-refractivity contribution in [1.82, 2.24) is 20.2 Å². The van der Waals surface area contributed by atoms with Crippen molar-refractivity contribution in [3.8, 4) is 0 Å². The average molecular weight is 226 g/mol. The molecule has 0 bridgehead atoms. The van der Waals surface area contributed by atoms with Gasteiger partial charge in [-0.05, 0) is 11.6 Å². The third kappa shape index (κ3) is 1.82. The van der Waals surface area contributed by atoms with Gasteiger partial charge in [-0.25, -0.2) is 4.98 Å². The highest BCUT2D eigenvalue weighted by Crippen LogP contribution is 2.19. The van der Waals surface area contributed by atoms with Crippen molar-refractivity contribution in [2.75, 3.05) is 0 Å². The number of fused-ring (bicyclic) bond motifs is 1. The van der Waals surface area contributed by atoms with Crippen LogP contribution in [0.1, 0.15) is 24.1 Å². The van der Waals surface area contributed by atoms with E-state index in [9.17, 15) is 0 Å². The fourth-order valence-corrected chi connectivity index (χ4v) is 2.03. The maximum Gasteiger partial charge on any atom is 0.150 e. The first-order chi connectivity index (χ1) is 8.36. The average Bonchev–Trinajstić information content (AvgIpc) is 2.97. The van der Waals surface area contributed by atoms with E-state index in [0.29, 0.717) is 0 Å². The van der Waals surface area contributed by atoms with E-state index in [0.717, 1.165) is 30.0 Å². The number of nitrogens with one attached hydrogen (secondary N) is 2. The number of hydrogen-bond donors (Lipinski definition) is 2. The van der Waals surface area contributed by atoms with Crippen molar-refractivity contribution in [3.63, 3.8) is 0 Å². The predicted molar refractivity (Wildman–Crippen MR) is 66.9 cm³/mol. The number of benzene rings is 1. The third-order valence-corrected chi connectivity index (χ3v) is 2.93. The van der Waals surface area contributed by atoms with Crippen molar-refractivity contribution in [2.24, 2.45) is 0 Å². The standard InChI is InChI=1S/C13H14N4/c1-2-12-15-13(17-16-12)7-9-8-14-11-6-4-3-5-10(9)11/h3-6,8,14H,2,7H2,1H3,(H,15,16,17). The lowest BCUT2D eigenvalue weighted by atomic mass is 10.1. The second-order valence-electron chi connectivity index (χ2n) is 4.09. The first kappa shape index (κ1) is 10.1. The first-order valence-corrected chi connectivity index (χ1v) is 5.82. The number of hydrogen-bond acceptors (Lipinski definition) is 2. The summed E-state index contributed by atoms with van der Waals surface area (Å²) in [5.41, 5.74) is 2.41. The van der Waals surface area contributed by atoms with Gasteiger partial charge in [-0.3, -0.25) is 5.10 Å². The van der Waals surface area contributed by atoms with Crippen LogP contribution in [-0.4, -0.2) is 20.2 Å². The van der Waals surface area contributed by atoms with Crippen LogP contribution in [0.5, 0.6) is 0 Å². The van der Waals surface area contributed by atoms with Crippen LogP contribution in [0.25, 0.3) is 10.9 Å². The monoisotopic (exact) mass is 226 g/mol. The van der Waals surface area contributed by atoms with Gasteiger partial charge in [0.05, 0.1) is 0 Å². The quantitative estimate of drug-likeness (QED) is 0.720. The normalized spacial score (nSPS) is 11.1. The van der Waals surface area contributed by atoms with E-state index >= 15 is 0 Å². The smallest absolute Gasteiger partial charge is 0.150 e. The molecular formula is C13H14N4. The van der Waals surface area contributed by atoms with Gasteiger partial charge < -0.3 is 4.98 Å². The molecule has 86 valence electrons. The Hall–Kier alpha value is -2.10. The number of aromatic amines is 2. The molecule has 0 amide bonds. The molecule has 0 aliphatic carbocycles. The van der Waals surface area contributed by atoms with Gasteiger partial charge in [0.15, 0.2) is 0 Å². The molecule has 0 unspecified atom stereocenters.